The molecule has 2 rings (SSSR count). The number of carbonyl (C=O) groups excluding carboxylic acids is 1. The molecule has 1 heterocycles. The van der Waals surface area contributed by atoms with Gasteiger partial charge in [-0.3, -0.25) is 4.79 Å². The first-order chi connectivity index (χ1) is 9.58. The molecule has 4 heteroatoms. The van der Waals surface area contributed by atoms with Gasteiger partial charge < -0.3 is 14.5 Å². The van der Waals surface area contributed by atoms with Crippen LogP contribution < -0.4 is 10.1 Å². The standard InChI is InChI=1S/C16H19NO3/c1-11-6-7-12(2)16(13(11)3)20-10-15(18)17-9-14-5-4-8-19-14/h4-8H,9-10H2,1-3H3,(H,17,18). The van der Waals surface area contributed by atoms with Gasteiger partial charge in [-0.25, -0.2) is 0 Å². The van der Waals surface area contributed by atoms with E-state index in [1.807, 2.05) is 32.9 Å². The van der Waals surface area contributed by atoms with Gasteiger partial charge in [0.2, 0.25) is 0 Å². The number of amides is 1. The zero-order chi connectivity index (χ0) is 14.5. The normalized spacial score (nSPS) is 10.3. The smallest absolute Gasteiger partial charge is 0.258 e. The van der Waals surface area contributed by atoms with Gasteiger partial charge in [-0.15, -0.1) is 0 Å². The highest BCUT2D eigenvalue weighted by atomic mass is 16.5. The fraction of sp³-hybridized carbons (Fsp3) is 0.312. The number of aryl methyl sites for hydroxylation is 2. The van der Waals surface area contributed by atoms with Crippen LogP contribution in [0.15, 0.2) is 34.9 Å². The van der Waals surface area contributed by atoms with Crippen LogP contribution in [0, 0.1) is 20.8 Å². The van der Waals surface area contributed by atoms with Crippen molar-refractivity contribution in [3.63, 3.8) is 0 Å². The Hall–Kier alpha value is -2.23. The first-order valence-corrected chi connectivity index (χ1v) is 6.56. The lowest BCUT2D eigenvalue weighted by Gasteiger charge is -2.13. The van der Waals surface area contributed by atoms with Crippen LogP contribution in [-0.4, -0.2) is 12.5 Å². The lowest BCUT2D eigenvalue weighted by Crippen LogP contribution is -2.28. The van der Waals surface area contributed by atoms with Gasteiger partial charge in [0.15, 0.2) is 6.61 Å². The van der Waals surface area contributed by atoms with Crippen molar-refractivity contribution in [3.05, 3.63) is 53.0 Å². The Morgan fingerprint density at radius 1 is 1.20 bits per heavy atom. The average Bonchev–Trinajstić information content (AvgIpc) is 2.94. The number of carbonyl (C=O) groups is 1. The Bertz CT molecular complexity index is 588. The third-order valence-corrected chi connectivity index (χ3v) is 3.26. The molecule has 0 fully saturated rings. The third kappa shape index (κ3) is 3.41. The van der Waals surface area contributed by atoms with E-state index in [-0.39, 0.29) is 12.5 Å². The summed E-state index contributed by atoms with van der Waals surface area (Å²) >= 11 is 0. The van der Waals surface area contributed by atoms with E-state index in [2.05, 4.69) is 11.4 Å². The maximum absolute atomic E-state index is 11.7. The summed E-state index contributed by atoms with van der Waals surface area (Å²) in [5.74, 6) is 1.35. The van der Waals surface area contributed by atoms with Crippen LogP contribution in [0.2, 0.25) is 0 Å². The minimum Gasteiger partial charge on any atom is -0.483 e. The molecular weight excluding hydrogens is 254 g/mol. The topological polar surface area (TPSA) is 51.5 Å². The zero-order valence-corrected chi connectivity index (χ0v) is 12.0. The van der Waals surface area contributed by atoms with Crippen molar-refractivity contribution in [1.82, 2.24) is 5.32 Å². The molecule has 1 amide bonds. The highest BCUT2D eigenvalue weighted by Gasteiger charge is 2.09. The molecule has 0 aliphatic carbocycles. The van der Waals surface area contributed by atoms with Gasteiger partial charge in [0, 0.05) is 0 Å². The van der Waals surface area contributed by atoms with E-state index >= 15 is 0 Å². The first kappa shape index (κ1) is 14.2. The Balaban J connectivity index is 1.89. The number of hydrogen-bond donors (Lipinski definition) is 1. The summed E-state index contributed by atoms with van der Waals surface area (Å²) in [6, 6.07) is 7.65. The van der Waals surface area contributed by atoms with Crippen LogP contribution in [0.5, 0.6) is 5.75 Å². The van der Waals surface area contributed by atoms with E-state index in [1.165, 1.54) is 0 Å². The fourth-order valence-electron chi connectivity index (χ4n) is 1.94. The van der Waals surface area contributed by atoms with Crippen LogP contribution in [0.25, 0.3) is 0 Å². The Labute approximate surface area is 118 Å². The molecule has 1 aromatic carbocycles. The van der Waals surface area contributed by atoms with Crippen molar-refractivity contribution in [3.8, 4) is 5.75 Å². The second kappa shape index (κ2) is 6.28. The molecule has 0 bridgehead atoms. The second-order valence-electron chi connectivity index (χ2n) is 4.80. The predicted octanol–water partition coefficient (Wildman–Crippen LogP) is 2.90. The summed E-state index contributed by atoms with van der Waals surface area (Å²) in [5.41, 5.74) is 3.26. The molecule has 0 saturated carbocycles. The largest absolute Gasteiger partial charge is 0.483 e. The van der Waals surface area contributed by atoms with E-state index in [1.54, 1.807) is 12.3 Å². The monoisotopic (exact) mass is 273 g/mol. The van der Waals surface area contributed by atoms with Crippen molar-refractivity contribution in [2.24, 2.45) is 0 Å². The van der Waals surface area contributed by atoms with Crippen LogP contribution in [-0.2, 0) is 11.3 Å². The molecule has 0 atom stereocenters. The summed E-state index contributed by atoms with van der Waals surface area (Å²) in [5, 5.41) is 2.75. The highest BCUT2D eigenvalue weighted by Crippen LogP contribution is 2.25. The molecule has 0 unspecified atom stereocenters. The van der Waals surface area contributed by atoms with Crippen LogP contribution in [0.1, 0.15) is 22.5 Å². The number of furan rings is 1. The van der Waals surface area contributed by atoms with Crippen molar-refractivity contribution in [1.29, 1.82) is 0 Å². The molecule has 0 spiro atoms. The SMILES string of the molecule is Cc1ccc(C)c(OCC(=O)NCc2ccco2)c1C. The van der Waals surface area contributed by atoms with E-state index in [0.29, 0.717) is 6.54 Å². The summed E-state index contributed by atoms with van der Waals surface area (Å²) in [4.78, 5) is 11.7. The van der Waals surface area contributed by atoms with Gasteiger partial charge in [0.25, 0.3) is 5.91 Å². The van der Waals surface area contributed by atoms with Gasteiger partial charge in [-0.1, -0.05) is 12.1 Å². The number of rotatable bonds is 5. The minimum atomic E-state index is -0.165. The van der Waals surface area contributed by atoms with Crippen LogP contribution in [0.4, 0.5) is 0 Å². The number of hydrogen-bond acceptors (Lipinski definition) is 3. The molecule has 0 radical (unpaired) electrons. The molecule has 1 aromatic heterocycles. The molecule has 2 aromatic rings. The van der Waals surface area contributed by atoms with Crippen LogP contribution >= 0.6 is 0 Å². The molecule has 0 saturated heterocycles. The van der Waals surface area contributed by atoms with Gasteiger partial charge in [0.1, 0.15) is 11.5 Å². The molecule has 4 nitrogen and oxygen atoms in total. The third-order valence-electron chi connectivity index (χ3n) is 3.26. The maximum atomic E-state index is 11.7. The number of nitrogens with one attached hydrogen (secondary N) is 1. The van der Waals surface area contributed by atoms with Gasteiger partial charge in [-0.05, 0) is 49.6 Å². The highest BCUT2D eigenvalue weighted by molar-refractivity contribution is 5.77. The predicted molar refractivity (Wildman–Crippen MR) is 76.7 cm³/mol. The molecule has 0 aliphatic heterocycles. The maximum Gasteiger partial charge on any atom is 0.258 e. The Morgan fingerprint density at radius 3 is 2.65 bits per heavy atom. The molecule has 1 N–H and O–H groups in total. The summed E-state index contributed by atoms with van der Waals surface area (Å²) < 4.78 is 10.8. The van der Waals surface area contributed by atoms with Crippen molar-refractivity contribution >= 4 is 5.91 Å². The summed E-state index contributed by atoms with van der Waals surface area (Å²) in [6.07, 6.45) is 1.58. The van der Waals surface area contributed by atoms with Crippen LogP contribution in [0.3, 0.4) is 0 Å². The van der Waals surface area contributed by atoms with Gasteiger partial charge in [-0.2, -0.15) is 0 Å². The van der Waals surface area contributed by atoms with E-state index in [9.17, 15) is 4.79 Å². The van der Waals surface area contributed by atoms with Crippen molar-refractivity contribution < 1.29 is 13.9 Å². The number of benzene rings is 1. The molecular formula is C16H19NO3. The average molecular weight is 273 g/mol. The fourth-order valence-corrected chi connectivity index (χ4v) is 1.94. The zero-order valence-electron chi connectivity index (χ0n) is 12.0. The van der Waals surface area contributed by atoms with Crippen molar-refractivity contribution in [2.75, 3.05) is 6.61 Å². The van der Waals surface area contributed by atoms with E-state index < -0.39 is 0 Å². The molecule has 106 valence electrons. The minimum absolute atomic E-state index is 0.00580. The quantitative estimate of drug-likeness (QED) is 0.911. The summed E-state index contributed by atoms with van der Waals surface area (Å²) in [7, 11) is 0. The lowest BCUT2D eigenvalue weighted by atomic mass is 10.1. The van der Waals surface area contributed by atoms with Gasteiger partial charge >= 0.3 is 0 Å². The second-order valence-corrected chi connectivity index (χ2v) is 4.80. The first-order valence-electron chi connectivity index (χ1n) is 6.56. The molecule has 0 aliphatic rings. The van der Waals surface area contributed by atoms with Gasteiger partial charge in [0.05, 0.1) is 12.8 Å². The Kier molecular flexibility index (Phi) is 4.45. The van der Waals surface area contributed by atoms with Crippen molar-refractivity contribution in [2.45, 2.75) is 27.3 Å². The Morgan fingerprint density at radius 2 is 1.95 bits per heavy atom. The van der Waals surface area contributed by atoms with E-state index in [0.717, 1.165) is 28.2 Å². The van der Waals surface area contributed by atoms with E-state index in [4.69, 9.17) is 9.15 Å². The lowest BCUT2D eigenvalue weighted by molar-refractivity contribution is -0.123. The molecule has 20 heavy (non-hydrogen) atoms. The number of ether oxygens (including phenoxy) is 1. The summed E-state index contributed by atoms with van der Waals surface area (Å²) in [6.45, 7) is 6.38.